The summed E-state index contributed by atoms with van der Waals surface area (Å²) in [5.41, 5.74) is 3.80. The number of carbonyl (C=O) groups is 2. The number of benzene rings is 1. The zero-order chi connectivity index (χ0) is 33.9. The number of aliphatic hydroxyl groups excluding tert-OH is 1. The van der Waals surface area contributed by atoms with E-state index in [1.54, 1.807) is 4.68 Å². The van der Waals surface area contributed by atoms with Crippen LogP contribution in [-0.4, -0.2) is 76.9 Å². The van der Waals surface area contributed by atoms with Crippen LogP contribution in [0.3, 0.4) is 0 Å². The Morgan fingerprint density at radius 1 is 1.26 bits per heavy atom. The maximum absolute atomic E-state index is 14.8. The normalized spacial score (nSPS) is 25.9. The molecule has 2 saturated heterocycles. The van der Waals surface area contributed by atoms with E-state index in [2.05, 4.69) is 53.9 Å². The molecule has 11 nitrogen and oxygen atoms in total. The topological polar surface area (TPSA) is 142 Å². The van der Waals surface area contributed by atoms with Crippen LogP contribution in [0.15, 0.2) is 47.7 Å². The minimum atomic E-state index is -2.85. The Kier molecular flexibility index (Phi) is 10.9. The first-order valence-electron chi connectivity index (χ1n) is 17.0. The SMILES string of the molecule is CC(C)=CCC/C(C)=C/CN1C(=O)[C@@]2(O[C@@H](CCn3cc(CCO)nn3)[C@H]([Si](C)(C)O)[C@H]2C)c2cc(NC(=O)[C@H]3CCCN3)ccc21. The number of ether oxygens (including phenoxy) is 1. The van der Waals surface area contributed by atoms with Gasteiger partial charge in [-0.15, -0.1) is 5.10 Å². The number of hydrogen-bond donors (Lipinski definition) is 4. The van der Waals surface area contributed by atoms with E-state index in [1.807, 2.05) is 49.3 Å². The lowest BCUT2D eigenvalue weighted by molar-refractivity contribution is -0.145. The summed E-state index contributed by atoms with van der Waals surface area (Å²) in [6.45, 7) is 13.9. The summed E-state index contributed by atoms with van der Waals surface area (Å²) < 4.78 is 8.73. The Bertz CT molecular complexity index is 1510. The molecule has 5 rings (SSSR count). The number of allylic oxidation sites excluding steroid dienone is 3. The van der Waals surface area contributed by atoms with Gasteiger partial charge in [-0.25, -0.2) is 0 Å². The van der Waals surface area contributed by atoms with E-state index >= 15 is 0 Å². The van der Waals surface area contributed by atoms with Gasteiger partial charge in [-0.05, 0) is 90.7 Å². The van der Waals surface area contributed by atoms with Gasteiger partial charge in [0.05, 0.1) is 23.5 Å². The van der Waals surface area contributed by atoms with Crippen LogP contribution in [0.4, 0.5) is 11.4 Å². The van der Waals surface area contributed by atoms with Gasteiger partial charge in [0.2, 0.25) is 5.91 Å². The third kappa shape index (κ3) is 7.46. The van der Waals surface area contributed by atoms with Gasteiger partial charge in [-0.1, -0.05) is 35.4 Å². The van der Waals surface area contributed by atoms with Crippen molar-refractivity contribution in [2.75, 3.05) is 29.9 Å². The second-order valence-corrected chi connectivity index (χ2v) is 18.2. The molecule has 47 heavy (non-hydrogen) atoms. The average Bonchev–Trinajstić information content (AvgIpc) is 3.79. The summed E-state index contributed by atoms with van der Waals surface area (Å²) in [6.07, 6.45) is 10.3. The molecular weight excluding hydrogens is 613 g/mol. The van der Waals surface area contributed by atoms with Gasteiger partial charge in [0.15, 0.2) is 13.9 Å². The molecule has 4 heterocycles. The standard InChI is InChI=1S/C35H52N6O5Si/c1-23(2)9-7-10-24(3)14-19-41-30-13-12-26(37-33(43)29-11-8-17-36-29)21-28(30)35(34(41)44)25(4)32(47(5,6)45)31(46-35)15-18-40-22-27(16-20-42)38-39-40/h9,12-14,21-22,25,29,31-32,36,42,45H,7-8,10-11,15-20H2,1-6H3,(H,37,43)/b24-14+/t25-,29-,31+,32-,35+/m1/s1. The molecule has 2 amide bonds. The molecule has 0 saturated carbocycles. The molecule has 0 unspecified atom stereocenters. The van der Waals surface area contributed by atoms with Gasteiger partial charge in [-0.2, -0.15) is 0 Å². The summed E-state index contributed by atoms with van der Waals surface area (Å²) in [6, 6.07) is 5.46. The molecule has 3 aliphatic heterocycles. The van der Waals surface area contributed by atoms with Crippen molar-refractivity contribution in [2.24, 2.45) is 5.92 Å². The molecule has 4 N–H and O–H groups in total. The second kappa shape index (κ2) is 14.5. The molecule has 0 bridgehead atoms. The van der Waals surface area contributed by atoms with Crippen LogP contribution in [0.1, 0.15) is 71.1 Å². The zero-order valence-electron chi connectivity index (χ0n) is 28.8. The van der Waals surface area contributed by atoms with Crippen molar-refractivity contribution in [3.63, 3.8) is 0 Å². The van der Waals surface area contributed by atoms with E-state index in [0.29, 0.717) is 37.3 Å². The van der Waals surface area contributed by atoms with E-state index < -0.39 is 20.0 Å². The average molecular weight is 665 g/mol. The van der Waals surface area contributed by atoms with E-state index in [1.165, 1.54) is 11.1 Å². The highest BCUT2D eigenvalue weighted by Crippen LogP contribution is 2.60. The van der Waals surface area contributed by atoms with Gasteiger partial charge >= 0.3 is 0 Å². The Morgan fingerprint density at radius 3 is 2.72 bits per heavy atom. The first-order chi connectivity index (χ1) is 22.3. The lowest BCUT2D eigenvalue weighted by Crippen LogP contribution is -2.46. The smallest absolute Gasteiger partial charge is 0.264 e. The number of nitrogens with zero attached hydrogens (tertiary/aromatic N) is 4. The maximum Gasteiger partial charge on any atom is 0.264 e. The Labute approximate surface area is 279 Å². The highest BCUT2D eigenvalue weighted by Gasteiger charge is 2.66. The monoisotopic (exact) mass is 664 g/mol. The Hall–Kier alpha value is -3.16. The fourth-order valence-corrected chi connectivity index (χ4v) is 10.2. The summed E-state index contributed by atoms with van der Waals surface area (Å²) in [7, 11) is -2.85. The van der Waals surface area contributed by atoms with Gasteiger partial charge in [0, 0.05) is 55.0 Å². The van der Waals surface area contributed by atoms with Gasteiger partial charge < -0.3 is 30.2 Å². The van der Waals surface area contributed by atoms with Crippen LogP contribution in [0.5, 0.6) is 0 Å². The van der Waals surface area contributed by atoms with Crippen LogP contribution in [0, 0.1) is 5.92 Å². The molecule has 12 heteroatoms. The Morgan fingerprint density at radius 2 is 2.04 bits per heavy atom. The molecule has 256 valence electrons. The molecule has 1 spiro atoms. The first-order valence-corrected chi connectivity index (χ1v) is 20.1. The van der Waals surface area contributed by atoms with Gasteiger partial charge in [0.1, 0.15) is 0 Å². The third-order valence-corrected chi connectivity index (χ3v) is 12.4. The molecule has 2 aromatic rings. The predicted molar refractivity (Wildman–Crippen MR) is 185 cm³/mol. The van der Waals surface area contributed by atoms with Crippen molar-refractivity contribution in [2.45, 2.75) is 109 Å². The molecule has 2 fully saturated rings. The van der Waals surface area contributed by atoms with Crippen LogP contribution < -0.4 is 15.5 Å². The van der Waals surface area contributed by atoms with Gasteiger partial charge in [0.25, 0.3) is 5.91 Å². The zero-order valence-corrected chi connectivity index (χ0v) is 29.8. The summed E-state index contributed by atoms with van der Waals surface area (Å²) in [5.74, 6) is -0.534. The summed E-state index contributed by atoms with van der Waals surface area (Å²) in [4.78, 5) is 41.3. The largest absolute Gasteiger partial charge is 0.432 e. The lowest BCUT2D eigenvalue weighted by Gasteiger charge is -2.32. The number of aryl methyl sites for hydroxylation is 1. The third-order valence-electron chi connectivity index (χ3n) is 9.94. The first kappa shape index (κ1) is 35.2. The number of carbonyl (C=O) groups excluding carboxylic acids is 2. The van der Waals surface area contributed by atoms with Crippen molar-refractivity contribution >= 4 is 31.5 Å². The fourth-order valence-electron chi connectivity index (χ4n) is 7.62. The number of aliphatic hydroxyl groups is 1. The van der Waals surface area contributed by atoms with Crippen molar-refractivity contribution in [1.82, 2.24) is 20.3 Å². The number of rotatable bonds is 13. The van der Waals surface area contributed by atoms with E-state index in [0.717, 1.165) is 43.5 Å². The van der Waals surface area contributed by atoms with Crippen LogP contribution in [0.25, 0.3) is 0 Å². The van der Waals surface area contributed by atoms with Crippen molar-refractivity contribution in [3.8, 4) is 0 Å². The van der Waals surface area contributed by atoms with Crippen LogP contribution in [-0.2, 0) is 32.9 Å². The number of nitrogens with one attached hydrogen (secondary N) is 2. The summed E-state index contributed by atoms with van der Waals surface area (Å²) >= 11 is 0. The number of hydrogen-bond acceptors (Lipinski definition) is 8. The second-order valence-electron chi connectivity index (χ2n) is 14.3. The number of aromatic nitrogens is 3. The summed E-state index contributed by atoms with van der Waals surface area (Å²) in [5, 5.41) is 24.0. The molecule has 1 aromatic heterocycles. The van der Waals surface area contributed by atoms with Crippen molar-refractivity contribution < 1.29 is 24.2 Å². The maximum atomic E-state index is 14.8. The molecule has 5 atom stereocenters. The highest BCUT2D eigenvalue weighted by atomic mass is 28.4. The van der Waals surface area contributed by atoms with Gasteiger partial charge in [-0.3, -0.25) is 14.3 Å². The molecule has 3 aliphatic rings. The number of amides is 2. The number of fused-ring (bicyclic) bond motifs is 2. The van der Waals surface area contributed by atoms with Crippen molar-refractivity contribution in [1.29, 1.82) is 0 Å². The molecule has 0 aliphatic carbocycles. The van der Waals surface area contributed by atoms with Crippen LogP contribution in [0.2, 0.25) is 18.6 Å². The van der Waals surface area contributed by atoms with Crippen LogP contribution >= 0.6 is 0 Å². The highest BCUT2D eigenvalue weighted by molar-refractivity contribution is 6.71. The minimum Gasteiger partial charge on any atom is -0.432 e. The quantitative estimate of drug-likeness (QED) is 0.182. The lowest BCUT2D eigenvalue weighted by atomic mass is 9.82. The minimum absolute atomic E-state index is 0.00135. The van der Waals surface area contributed by atoms with E-state index in [4.69, 9.17) is 4.74 Å². The Balaban J connectivity index is 1.48. The predicted octanol–water partition coefficient (Wildman–Crippen LogP) is 4.43. The molecular formula is C35H52N6O5Si. The van der Waals surface area contributed by atoms with E-state index in [9.17, 15) is 19.5 Å². The van der Waals surface area contributed by atoms with E-state index in [-0.39, 0.29) is 35.9 Å². The van der Waals surface area contributed by atoms with Crippen molar-refractivity contribution in [3.05, 3.63) is 59.0 Å². The molecule has 1 aromatic carbocycles. The molecule has 0 radical (unpaired) electrons. The fraction of sp³-hybridized carbons (Fsp3) is 0.600. The number of anilines is 2.